The lowest BCUT2D eigenvalue weighted by atomic mass is 10.0. The fourth-order valence-electron chi connectivity index (χ4n) is 2.96. The Hall–Kier alpha value is -3.85. The normalized spacial score (nSPS) is 10.8. The van der Waals surface area contributed by atoms with Gasteiger partial charge >= 0.3 is 5.97 Å². The van der Waals surface area contributed by atoms with E-state index in [1.807, 2.05) is 0 Å². The molecule has 0 aliphatic rings. The summed E-state index contributed by atoms with van der Waals surface area (Å²) in [5.74, 6) is -1.57. The van der Waals surface area contributed by atoms with Crippen LogP contribution >= 0.6 is 11.3 Å². The van der Waals surface area contributed by atoms with Gasteiger partial charge < -0.3 is 10.1 Å². The van der Waals surface area contributed by atoms with Gasteiger partial charge in [0.1, 0.15) is 16.4 Å². The first-order valence-corrected chi connectivity index (χ1v) is 9.83. The number of nitrogens with zero attached hydrogens (tertiary/aromatic N) is 1. The highest BCUT2D eigenvalue weighted by atomic mass is 32.1. The maximum absolute atomic E-state index is 13.3. The van der Waals surface area contributed by atoms with E-state index in [4.69, 9.17) is 4.74 Å². The topological polar surface area (TPSA) is 98.5 Å². The summed E-state index contributed by atoms with van der Waals surface area (Å²) in [5, 5.41) is 13.8. The zero-order chi connectivity index (χ0) is 22.5. The molecule has 2 aromatic carbocycles. The minimum atomic E-state index is -0.637. The average molecular weight is 440 g/mol. The summed E-state index contributed by atoms with van der Waals surface area (Å²) in [4.78, 5) is 36.0. The van der Waals surface area contributed by atoms with Gasteiger partial charge in [-0.15, -0.1) is 11.3 Å². The van der Waals surface area contributed by atoms with Gasteiger partial charge in [-0.1, -0.05) is 24.3 Å². The fourth-order valence-corrected chi connectivity index (χ4v) is 4.03. The molecule has 1 amide bonds. The summed E-state index contributed by atoms with van der Waals surface area (Å²) in [7, 11) is 1.23. The number of aryl methyl sites for hydroxylation is 1. The highest BCUT2D eigenvalue weighted by molar-refractivity contribution is 7.17. The van der Waals surface area contributed by atoms with Crippen molar-refractivity contribution in [3.05, 3.63) is 86.5 Å². The van der Waals surface area contributed by atoms with E-state index in [1.165, 1.54) is 60.9 Å². The third-order valence-corrected chi connectivity index (χ3v) is 5.37. The number of nitrogens with one attached hydrogen (secondary N) is 1. The van der Waals surface area contributed by atoms with Crippen molar-refractivity contribution in [2.24, 2.45) is 0 Å². The van der Waals surface area contributed by atoms with Gasteiger partial charge in [-0.2, -0.15) is 0 Å². The third-order valence-electron chi connectivity index (χ3n) is 4.35. The molecule has 0 aliphatic heterocycles. The Bertz CT molecular complexity index is 1190. The number of nitro groups is 1. The van der Waals surface area contributed by atoms with E-state index in [0.717, 1.165) is 4.88 Å². The number of methoxy groups -OCH3 is 1. The van der Waals surface area contributed by atoms with Gasteiger partial charge in [0.15, 0.2) is 0 Å². The van der Waals surface area contributed by atoms with Crippen molar-refractivity contribution in [2.45, 2.75) is 6.92 Å². The predicted molar refractivity (Wildman–Crippen MR) is 117 cm³/mol. The summed E-state index contributed by atoms with van der Waals surface area (Å²) in [6.07, 6.45) is 2.65. The largest absolute Gasteiger partial charge is 0.465 e. The van der Waals surface area contributed by atoms with Crippen LogP contribution in [-0.4, -0.2) is 23.9 Å². The van der Waals surface area contributed by atoms with Crippen LogP contribution in [0.5, 0.6) is 0 Å². The zero-order valence-electron chi connectivity index (χ0n) is 16.5. The summed E-state index contributed by atoms with van der Waals surface area (Å²) < 4.78 is 18.2. The summed E-state index contributed by atoms with van der Waals surface area (Å²) in [5.41, 5.74) is 1.73. The molecule has 0 radical (unpaired) electrons. The molecule has 0 saturated heterocycles. The second-order valence-corrected chi connectivity index (χ2v) is 7.64. The van der Waals surface area contributed by atoms with Gasteiger partial charge in [-0.25, -0.2) is 9.18 Å². The van der Waals surface area contributed by atoms with E-state index in [9.17, 15) is 24.1 Å². The number of amides is 1. The molecule has 1 N–H and O–H groups in total. The Labute approximate surface area is 180 Å². The molecule has 7 nitrogen and oxygen atoms in total. The standard InChI is InChI=1S/C22H17FN2O5S/c1-13-19(15-7-9-16(23)10-8-15)20(22(27)30-2)21(31-13)24-18(26)11-6-14-4-3-5-17(12-14)25(28)29/h3-12H,1-2H3,(H,24,26)/b11-6+. The summed E-state index contributed by atoms with van der Waals surface area (Å²) >= 11 is 1.19. The molecule has 0 unspecified atom stereocenters. The highest BCUT2D eigenvalue weighted by Gasteiger charge is 2.24. The second-order valence-electron chi connectivity index (χ2n) is 6.41. The summed E-state index contributed by atoms with van der Waals surface area (Å²) in [6.45, 7) is 1.78. The van der Waals surface area contributed by atoms with Gasteiger partial charge in [-0.05, 0) is 36.3 Å². The second kappa shape index (κ2) is 9.31. The lowest BCUT2D eigenvalue weighted by molar-refractivity contribution is -0.384. The van der Waals surface area contributed by atoms with Crippen LogP contribution in [-0.2, 0) is 9.53 Å². The van der Waals surface area contributed by atoms with E-state index in [1.54, 1.807) is 25.1 Å². The van der Waals surface area contributed by atoms with Crippen LogP contribution in [0, 0.1) is 22.9 Å². The Morgan fingerprint density at radius 1 is 1.19 bits per heavy atom. The number of halogens is 1. The van der Waals surface area contributed by atoms with Crippen molar-refractivity contribution in [1.82, 2.24) is 0 Å². The Morgan fingerprint density at radius 2 is 1.90 bits per heavy atom. The molecule has 0 bridgehead atoms. The van der Waals surface area contributed by atoms with Gasteiger partial charge in [0.05, 0.1) is 12.0 Å². The number of esters is 1. The molecular formula is C22H17FN2O5S. The zero-order valence-corrected chi connectivity index (χ0v) is 17.4. The molecule has 3 rings (SSSR count). The lowest BCUT2D eigenvalue weighted by Crippen LogP contribution is -2.11. The Morgan fingerprint density at radius 3 is 2.55 bits per heavy atom. The van der Waals surface area contributed by atoms with Crippen LogP contribution in [0.1, 0.15) is 20.8 Å². The highest BCUT2D eigenvalue weighted by Crippen LogP contribution is 2.40. The van der Waals surface area contributed by atoms with Crippen LogP contribution in [0.15, 0.2) is 54.6 Å². The van der Waals surface area contributed by atoms with Crippen molar-refractivity contribution < 1.29 is 23.6 Å². The first kappa shape index (κ1) is 21.8. The van der Waals surface area contributed by atoms with E-state index >= 15 is 0 Å². The fraction of sp³-hybridized carbons (Fsp3) is 0.0909. The monoisotopic (exact) mass is 440 g/mol. The first-order valence-electron chi connectivity index (χ1n) is 9.01. The van der Waals surface area contributed by atoms with E-state index < -0.39 is 22.6 Å². The number of carbonyl (C=O) groups excluding carboxylic acids is 2. The molecule has 0 atom stereocenters. The van der Waals surface area contributed by atoms with Crippen molar-refractivity contribution >= 4 is 40.0 Å². The van der Waals surface area contributed by atoms with Gasteiger partial charge in [0, 0.05) is 28.6 Å². The SMILES string of the molecule is COC(=O)c1c(NC(=O)/C=C/c2cccc([N+](=O)[O-])c2)sc(C)c1-c1ccc(F)cc1. The van der Waals surface area contributed by atoms with E-state index in [-0.39, 0.29) is 16.3 Å². The van der Waals surface area contributed by atoms with Crippen LogP contribution < -0.4 is 5.32 Å². The maximum Gasteiger partial charge on any atom is 0.341 e. The number of ether oxygens (including phenoxy) is 1. The minimum Gasteiger partial charge on any atom is -0.465 e. The number of rotatable bonds is 6. The predicted octanol–water partition coefficient (Wildman–Crippen LogP) is 5.21. The van der Waals surface area contributed by atoms with E-state index in [2.05, 4.69) is 5.32 Å². The van der Waals surface area contributed by atoms with Crippen molar-refractivity contribution in [1.29, 1.82) is 0 Å². The first-order chi connectivity index (χ1) is 14.8. The number of hydrogen-bond acceptors (Lipinski definition) is 6. The molecule has 0 saturated carbocycles. The molecule has 1 heterocycles. The molecule has 0 spiro atoms. The minimum absolute atomic E-state index is 0.0895. The molecule has 158 valence electrons. The van der Waals surface area contributed by atoms with Gasteiger partial charge in [0.2, 0.25) is 5.91 Å². The van der Waals surface area contributed by atoms with Crippen molar-refractivity contribution in [2.75, 3.05) is 12.4 Å². The van der Waals surface area contributed by atoms with Crippen LogP contribution in [0.2, 0.25) is 0 Å². The molecule has 0 fully saturated rings. The van der Waals surface area contributed by atoms with Crippen molar-refractivity contribution in [3.8, 4) is 11.1 Å². The number of hydrogen-bond donors (Lipinski definition) is 1. The lowest BCUT2D eigenvalue weighted by Gasteiger charge is -2.07. The number of non-ortho nitro benzene ring substituents is 1. The van der Waals surface area contributed by atoms with E-state index in [0.29, 0.717) is 16.7 Å². The van der Waals surface area contributed by atoms with Crippen LogP contribution in [0.4, 0.5) is 15.1 Å². The van der Waals surface area contributed by atoms with Gasteiger partial charge in [-0.3, -0.25) is 14.9 Å². The van der Waals surface area contributed by atoms with Crippen molar-refractivity contribution in [3.63, 3.8) is 0 Å². The molecular weight excluding hydrogens is 423 g/mol. The molecule has 31 heavy (non-hydrogen) atoms. The molecule has 1 aromatic heterocycles. The number of nitro benzene ring substituents is 1. The van der Waals surface area contributed by atoms with Crippen LogP contribution in [0.25, 0.3) is 17.2 Å². The molecule has 3 aromatic rings. The maximum atomic E-state index is 13.3. The van der Waals surface area contributed by atoms with Crippen LogP contribution in [0.3, 0.4) is 0 Å². The average Bonchev–Trinajstić information content (AvgIpc) is 3.08. The number of benzene rings is 2. The quantitative estimate of drug-likeness (QED) is 0.246. The third kappa shape index (κ3) is 5.01. The van der Waals surface area contributed by atoms with Gasteiger partial charge in [0.25, 0.3) is 5.69 Å². The number of thiophene rings is 1. The Balaban J connectivity index is 1.90. The molecule has 0 aliphatic carbocycles. The Kier molecular flexibility index (Phi) is 6.56. The number of carbonyl (C=O) groups is 2. The summed E-state index contributed by atoms with van der Waals surface area (Å²) in [6, 6.07) is 11.5. The molecule has 9 heteroatoms. The number of anilines is 1. The smallest absolute Gasteiger partial charge is 0.341 e.